The molecule has 1 heterocycles. The number of benzene rings is 2. The Morgan fingerprint density at radius 2 is 1.77 bits per heavy atom. The number of rotatable bonds is 2. The Kier molecular flexibility index (Phi) is 4.72. The van der Waals surface area contributed by atoms with Crippen molar-refractivity contribution >= 4 is 28.1 Å². The van der Waals surface area contributed by atoms with E-state index < -0.39 is 0 Å². The van der Waals surface area contributed by atoms with Crippen LogP contribution < -0.4 is 4.90 Å². The third-order valence-electron chi connectivity index (χ3n) is 5.68. The Balaban J connectivity index is 2.34. The van der Waals surface area contributed by atoms with Crippen LogP contribution in [0.5, 0.6) is 5.75 Å². The number of hydrogen-bond acceptors (Lipinski definition) is 2. The minimum atomic E-state index is -0.0182. The molecule has 0 aliphatic carbocycles. The van der Waals surface area contributed by atoms with E-state index in [0.29, 0.717) is 5.75 Å². The highest BCUT2D eigenvalue weighted by atomic mass is 35.5. The first-order valence-corrected chi connectivity index (χ1v) is 10.1. The van der Waals surface area contributed by atoms with Gasteiger partial charge in [-0.1, -0.05) is 45.9 Å². The summed E-state index contributed by atoms with van der Waals surface area (Å²) < 4.78 is 0. The highest BCUT2D eigenvalue weighted by Crippen LogP contribution is 2.50. The molecule has 0 fully saturated rings. The van der Waals surface area contributed by atoms with Crippen LogP contribution in [0.25, 0.3) is 10.8 Å². The lowest BCUT2D eigenvalue weighted by Crippen LogP contribution is -2.41. The fourth-order valence-electron chi connectivity index (χ4n) is 4.09. The van der Waals surface area contributed by atoms with Gasteiger partial charge in [-0.3, -0.25) is 0 Å². The molecule has 0 aromatic heterocycles. The average Bonchev–Trinajstić information content (AvgIpc) is 2.92. The molecule has 3 heteroatoms. The van der Waals surface area contributed by atoms with Gasteiger partial charge in [0.2, 0.25) is 0 Å². The van der Waals surface area contributed by atoms with Crippen molar-refractivity contribution in [3.05, 3.63) is 35.4 Å². The Labute approximate surface area is 163 Å². The van der Waals surface area contributed by atoms with Gasteiger partial charge in [-0.25, -0.2) is 0 Å². The maximum Gasteiger partial charge on any atom is 0.125 e. The van der Waals surface area contributed by atoms with Crippen LogP contribution in [0.2, 0.25) is 0 Å². The molecule has 26 heavy (non-hydrogen) atoms. The minimum Gasteiger partial charge on any atom is -0.507 e. The second-order valence-electron chi connectivity index (χ2n) is 9.65. The molecule has 3 rings (SSSR count). The topological polar surface area (TPSA) is 23.5 Å². The van der Waals surface area contributed by atoms with Crippen LogP contribution in [0, 0.1) is 0 Å². The summed E-state index contributed by atoms with van der Waals surface area (Å²) in [5.41, 5.74) is 3.78. The third-order valence-corrected chi connectivity index (χ3v) is 6.29. The molecular formula is C23H32ClNO. The van der Waals surface area contributed by atoms with Crippen molar-refractivity contribution in [2.45, 2.75) is 77.1 Å². The highest BCUT2D eigenvalue weighted by Gasteiger charge is 2.39. The number of anilines is 1. The van der Waals surface area contributed by atoms with Crippen molar-refractivity contribution in [1.29, 1.82) is 0 Å². The van der Waals surface area contributed by atoms with Gasteiger partial charge in [0.1, 0.15) is 5.75 Å². The molecule has 1 N–H and O–H groups in total. The predicted molar refractivity (Wildman–Crippen MR) is 114 cm³/mol. The summed E-state index contributed by atoms with van der Waals surface area (Å²) >= 11 is 6.80. The number of hydrogen-bond donors (Lipinski definition) is 1. The van der Waals surface area contributed by atoms with Gasteiger partial charge in [-0.05, 0) is 49.1 Å². The van der Waals surface area contributed by atoms with Crippen molar-refractivity contribution in [2.24, 2.45) is 0 Å². The molecule has 0 saturated heterocycles. The second kappa shape index (κ2) is 6.34. The molecular weight excluding hydrogens is 342 g/mol. The largest absolute Gasteiger partial charge is 0.507 e. The second-order valence-corrected chi connectivity index (χ2v) is 10.2. The fraction of sp³-hybridized carbons (Fsp3) is 0.565. The van der Waals surface area contributed by atoms with Crippen LogP contribution in [0.3, 0.4) is 0 Å². The molecule has 2 unspecified atom stereocenters. The highest BCUT2D eigenvalue weighted by molar-refractivity contribution is 6.21. The van der Waals surface area contributed by atoms with Gasteiger partial charge in [0.15, 0.2) is 0 Å². The number of phenolic OH excluding ortho intramolecular Hbond substituents is 1. The van der Waals surface area contributed by atoms with Gasteiger partial charge in [0.25, 0.3) is 0 Å². The summed E-state index contributed by atoms with van der Waals surface area (Å²) in [4.78, 5) is 2.40. The van der Waals surface area contributed by atoms with E-state index in [4.69, 9.17) is 11.6 Å². The Bertz CT molecular complexity index is 829. The number of phenols is 1. The fourth-order valence-corrected chi connectivity index (χ4v) is 4.30. The van der Waals surface area contributed by atoms with Crippen LogP contribution in [0.4, 0.5) is 5.69 Å². The van der Waals surface area contributed by atoms with Gasteiger partial charge in [0.05, 0.1) is 0 Å². The average molecular weight is 374 g/mol. The zero-order valence-corrected chi connectivity index (χ0v) is 17.9. The van der Waals surface area contributed by atoms with Gasteiger partial charge in [-0.15, -0.1) is 11.6 Å². The van der Waals surface area contributed by atoms with E-state index in [1.807, 2.05) is 6.07 Å². The molecule has 0 radical (unpaired) electrons. The van der Waals surface area contributed by atoms with Crippen molar-refractivity contribution in [2.75, 3.05) is 11.4 Å². The lowest BCUT2D eigenvalue weighted by molar-refractivity contribution is 0.478. The Morgan fingerprint density at radius 1 is 1.12 bits per heavy atom. The summed E-state index contributed by atoms with van der Waals surface area (Å²) in [5, 5.41) is 12.9. The molecule has 1 aliphatic rings. The molecule has 0 saturated carbocycles. The monoisotopic (exact) mass is 373 g/mol. The maximum atomic E-state index is 10.7. The number of alkyl halides is 1. The van der Waals surface area contributed by atoms with E-state index in [1.54, 1.807) is 0 Å². The number of nitrogens with zero attached hydrogens (tertiary/aromatic N) is 1. The number of halogens is 1. The van der Waals surface area contributed by atoms with Crippen LogP contribution in [-0.4, -0.2) is 22.6 Å². The van der Waals surface area contributed by atoms with Crippen LogP contribution in [0.15, 0.2) is 24.3 Å². The van der Waals surface area contributed by atoms with E-state index in [0.717, 1.165) is 29.4 Å². The van der Waals surface area contributed by atoms with Crippen molar-refractivity contribution in [3.8, 4) is 5.75 Å². The van der Waals surface area contributed by atoms with Crippen LogP contribution >= 0.6 is 11.6 Å². The molecule has 2 atom stereocenters. The smallest absolute Gasteiger partial charge is 0.125 e. The summed E-state index contributed by atoms with van der Waals surface area (Å²) in [7, 11) is 0. The van der Waals surface area contributed by atoms with E-state index in [1.165, 1.54) is 11.1 Å². The van der Waals surface area contributed by atoms with Gasteiger partial charge in [0, 0.05) is 40.5 Å². The molecule has 0 spiro atoms. The van der Waals surface area contributed by atoms with E-state index in [-0.39, 0.29) is 22.2 Å². The first-order valence-electron chi connectivity index (χ1n) is 9.67. The van der Waals surface area contributed by atoms with Crippen molar-refractivity contribution < 1.29 is 5.11 Å². The summed E-state index contributed by atoms with van der Waals surface area (Å²) in [6.07, 6.45) is 0.935. The third kappa shape index (κ3) is 3.17. The molecule has 2 nitrogen and oxygen atoms in total. The Morgan fingerprint density at radius 3 is 2.31 bits per heavy atom. The molecule has 0 amide bonds. The lowest BCUT2D eigenvalue weighted by Gasteiger charge is -2.35. The van der Waals surface area contributed by atoms with E-state index >= 15 is 0 Å². The first kappa shape index (κ1) is 19.4. The molecule has 2 aromatic carbocycles. The molecule has 1 aliphatic heterocycles. The standard InChI is InChI=1S/C23H32ClNO/c1-8-18(24)17-13-25(23(5,6)7)19-12-20(26)15-10-9-14(22(2,3)4)11-16(15)21(17)19/h9-12,17-18,26H,8,13H2,1-7H3. The number of aromatic hydroxyl groups is 1. The van der Waals surface area contributed by atoms with Gasteiger partial charge >= 0.3 is 0 Å². The van der Waals surface area contributed by atoms with Crippen molar-refractivity contribution in [3.63, 3.8) is 0 Å². The summed E-state index contributed by atoms with van der Waals surface area (Å²) in [6.45, 7) is 16.4. The quantitative estimate of drug-likeness (QED) is 0.602. The van der Waals surface area contributed by atoms with E-state index in [2.05, 4.69) is 71.6 Å². The van der Waals surface area contributed by atoms with Crippen molar-refractivity contribution in [1.82, 2.24) is 0 Å². The zero-order chi connectivity index (χ0) is 19.4. The normalized spacial score (nSPS) is 19.1. The summed E-state index contributed by atoms with van der Waals surface area (Å²) in [6, 6.07) is 8.42. The lowest BCUT2D eigenvalue weighted by atomic mass is 9.83. The number of fused-ring (bicyclic) bond motifs is 3. The summed E-state index contributed by atoms with van der Waals surface area (Å²) in [5.74, 6) is 0.631. The minimum absolute atomic E-state index is 0.0182. The van der Waals surface area contributed by atoms with E-state index in [9.17, 15) is 5.11 Å². The van der Waals surface area contributed by atoms with Gasteiger partial charge < -0.3 is 10.0 Å². The van der Waals surface area contributed by atoms with Crippen LogP contribution in [0.1, 0.15) is 71.9 Å². The van der Waals surface area contributed by atoms with Gasteiger partial charge in [-0.2, -0.15) is 0 Å². The zero-order valence-electron chi connectivity index (χ0n) is 17.2. The predicted octanol–water partition coefficient (Wildman–Crippen LogP) is 6.56. The van der Waals surface area contributed by atoms with Crippen LogP contribution in [-0.2, 0) is 5.41 Å². The SMILES string of the molecule is CCC(Cl)C1CN(C(C)(C)C)c2cc(O)c3ccc(C(C)(C)C)cc3c21. The maximum absolute atomic E-state index is 10.7. The molecule has 142 valence electrons. The first-order chi connectivity index (χ1) is 11.9. The Hall–Kier alpha value is -1.41. The molecule has 0 bridgehead atoms. The molecule has 2 aromatic rings.